The molecule has 3 aromatic rings. The maximum atomic E-state index is 12.0. The predicted molar refractivity (Wildman–Crippen MR) is 103 cm³/mol. The molecule has 3 rings (SSSR count). The Labute approximate surface area is 155 Å². The smallest absolute Gasteiger partial charge is 0.338 e. The Balaban J connectivity index is 1.84. The Morgan fingerprint density at radius 1 is 1.11 bits per heavy atom. The number of azo groups is 1. The van der Waals surface area contributed by atoms with E-state index in [0.29, 0.717) is 28.1 Å². The fraction of sp³-hybridized carbons (Fsp3) is 0.100. The summed E-state index contributed by atoms with van der Waals surface area (Å²) in [6, 6.07) is 13.8. The van der Waals surface area contributed by atoms with E-state index in [-0.39, 0.29) is 12.2 Å². The van der Waals surface area contributed by atoms with Gasteiger partial charge in [0, 0.05) is 11.3 Å². The van der Waals surface area contributed by atoms with Crippen LogP contribution in [-0.4, -0.2) is 22.8 Å². The van der Waals surface area contributed by atoms with Crippen molar-refractivity contribution in [3.8, 4) is 11.1 Å². The molecule has 0 unspecified atom stereocenters. The number of nitrogens with zero attached hydrogens (tertiary/aromatic N) is 2. The van der Waals surface area contributed by atoms with Crippen LogP contribution in [0.3, 0.4) is 0 Å². The molecule has 0 bridgehead atoms. The highest BCUT2D eigenvalue weighted by molar-refractivity contribution is 5.89. The van der Waals surface area contributed by atoms with Gasteiger partial charge in [0.15, 0.2) is 0 Å². The van der Waals surface area contributed by atoms with Crippen LogP contribution in [0.5, 0.6) is 0 Å². The Morgan fingerprint density at radius 2 is 1.85 bits per heavy atom. The number of aromatic nitrogens is 2. The third-order valence-corrected chi connectivity index (χ3v) is 3.85. The zero-order chi connectivity index (χ0) is 19.2. The van der Waals surface area contributed by atoms with Crippen molar-refractivity contribution < 1.29 is 9.53 Å². The summed E-state index contributed by atoms with van der Waals surface area (Å²) >= 11 is 0. The average Bonchev–Trinajstić information content (AvgIpc) is 3.03. The molecule has 0 radical (unpaired) electrons. The molecule has 0 spiro atoms. The maximum absolute atomic E-state index is 12.0. The fourth-order valence-corrected chi connectivity index (χ4v) is 2.54. The molecular formula is C20H18N4O3. The van der Waals surface area contributed by atoms with Crippen molar-refractivity contribution in [2.75, 3.05) is 6.61 Å². The molecule has 2 aromatic carbocycles. The van der Waals surface area contributed by atoms with Crippen molar-refractivity contribution >= 4 is 17.3 Å². The van der Waals surface area contributed by atoms with Crippen molar-refractivity contribution in [1.29, 1.82) is 0 Å². The van der Waals surface area contributed by atoms with Crippen molar-refractivity contribution in [3.05, 3.63) is 82.8 Å². The standard InChI is InChI=1S/C20H18N4O3/c1-3-12-27-20(26)14-8-10-15(11-9-14)22-23-17-7-5-4-6-16(17)18-13(2)21-24-19(18)25/h3-11H,1,12H2,2H3,(H2,21,24,25)/b23-22+. The lowest BCUT2D eigenvalue weighted by molar-refractivity contribution is 0.0550. The Kier molecular flexibility index (Phi) is 5.41. The number of H-pyrrole nitrogens is 2. The SMILES string of the molecule is C=CCOC(=O)c1ccc(/N=N/c2ccccc2-c2c(C)[nH][nH]c2=O)cc1. The summed E-state index contributed by atoms with van der Waals surface area (Å²) in [5.41, 5.74) is 3.30. The van der Waals surface area contributed by atoms with Crippen LogP contribution in [0.25, 0.3) is 11.1 Å². The number of aryl methyl sites for hydroxylation is 1. The average molecular weight is 362 g/mol. The largest absolute Gasteiger partial charge is 0.458 e. The third-order valence-electron chi connectivity index (χ3n) is 3.85. The molecule has 27 heavy (non-hydrogen) atoms. The summed E-state index contributed by atoms with van der Waals surface area (Å²) in [6.07, 6.45) is 1.51. The molecule has 1 heterocycles. The van der Waals surface area contributed by atoms with Gasteiger partial charge in [0.1, 0.15) is 6.61 Å². The van der Waals surface area contributed by atoms with Gasteiger partial charge in [-0.2, -0.15) is 5.11 Å². The van der Waals surface area contributed by atoms with Crippen LogP contribution in [-0.2, 0) is 4.74 Å². The highest BCUT2D eigenvalue weighted by Gasteiger charge is 2.12. The number of carbonyl (C=O) groups is 1. The highest BCUT2D eigenvalue weighted by Crippen LogP contribution is 2.30. The summed E-state index contributed by atoms with van der Waals surface area (Å²) in [6.45, 7) is 5.47. The number of ether oxygens (including phenoxy) is 1. The number of rotatable bonds is 6. The first kappa shape index (κ1) is 18.1. The van der Waals surface area contributed by atoms with E-state index in [1.165, 1.54) is 6.08 Å². The van der Waals surface area contributed by atoms with E-state index in [1.54, 1.807) is 30.3 Å². The molecule has 0 aliphatic carbocycles. The number of esters is 1. The number of carbonyl (C=O) groups excluding carboxylic acids is 1. The first-order chi connectivity index (χ1) is 13.1. The number of hydrogen-bond acceptors (Lipinski definition) is 5. The minimum Gasteiger partial charge on any atom is -0.458 e. The van der Waals surface area contributed by atoms with Crippen LogP contribution in [0, 0.1) is 6.92 Å². The Hall–Kier alpha value is -3.74. The molecule has 0 aliphatic rings. The van der Waals surface area contributed by atoms with E-state index in [9.17, 15) is 9.59 Å². The fourth-order valence-electron chi connectivity index (χ4n) is 2.54. The van der Waals surface area contributed by atoms with E-state index in [4.69, 9.17) is 4.74 Å². The van der Waals surface area contributed by atoms with Gasteiger partial charge in [-0.25, -0.2) is 4.79 Å². The van der Waals surface area contributed by atoms with Gasteiger partial charge >= 0.3 is 5.97 Å². The molecule has 7 heteroatoms. The number of hydrogen-bond donors (Lipinski definition) is 2. The first-order valence-electron chi connectivity index (χ1n) is 8.26. The molecule has 2 N–H and O–H groups in total. The van der Waals surface area contributed by atoms with Gasteiger partial charge in [-0.05, 0) is 37.3 Å². The van der Waals surface area contributed by atoms with Crippen LogP contribution >= 0.6 is 0 Å². The summed E-state index contributed by atoms with van der Waals surface area (Å²) in [4.78, 5) is 23.8. The van der Waals surface area contributed by atoms with Crippen LogP contribution < -0.4 is 5.56 Å². The monoisotopic (exact) mass is 362 g/mol. The van der Waals surface area contributed by atoms with E-state index in [0.717, 1.165) is 5.69 Å². The summed E-state index contributed by atoms with van der Waals surface area (Å²) < 4.78 is 4.98. The number of aromatic amines is 2. The van der Waals surface area contributed by atoms with Gasteiger partial charge in [0.25, 0.3) is 5.56 Å². The van der Waals surface area contributed by atoms with Crippen molar-refractivity contribution in [1.82, 2.24) is 10.2 Å². The zero-order valence-electron chi connectivity index (χ0n) is 14.7. The predicted octanol–water partition coefficient (Wildman–Crippen LogP) is 4.44. The number of benzene rings is 2. The minimum absolute atomic E-state index is 0.161. The van der Waals surface area contributed by atoms with Gasteiger partial charge in [-0.15, -0.1) is 5.11 Å². The van der Waals surface area contributed by atoms with Crippen LogP contribution in [0.15, 0.2) is 76.2 Å². The lowest BCUT2D eigenvalue weighted by Crippen LogP contribution is -2.04. The van der Waals surface area contributed by atoms with E-state index in [2.05, 4.69) is 27.0 Å². The minimum atomic E-state index is -0.425. The summed E-state index contributed by atoms with van der Waals surface area (Å²) in [5.74, 6) is -0.425. The second-order valence-electron chi connectivity index (χ2n) is 5.73. The lowest BCUT2D eigenvalue weighted by Gasteiger charge is -2.03. The van der Waals surface area contributed by atoms with Crippen LogP contribution in [0.4, 0.5) is 11.4 Å². The van der Waals surface area contributed by atoms with Crippen molar-refractivity contribution in [3.63, 3.8) is 0 Å². The van der Waals surface area contributed by atoms with Crippen LogP contribution in [0.1, 0.15) is 16.1 Å². The molecule has 1 aromatic heterocycles. The van der Waals surface area contributed by atoms with E-state index in [1.807, 2.05) is 25.1 Å². The topological polar surface area (TPSA) is 99.7 Å². The zero-order valence-corrected chi connectivity index (χ0v) is 14.7. The van der Waals surface area contributed by atoms with E-state index < -0.39 is 5.97 Å². The van der Waals surface area contributed by atoms with Crippen LogP contribution in [0.2, 0.25) is 0 Å². The number of nitrogens with one attached hydrogen (secondary N) is 2. The van der Waals surface area contributed by atoms with Crippen molar-refractivity contribution in [2.24, 2.45) is 10.2 Å². The van der Waals surface area contributed by atoms with Gasteiger partial charge in [0.2, 0.25) is 0 Å². The Morgan fingerprint density at radius 3 is 2.52 bits per heavy atom. The molecule has 0 atom stereocenters. The second kappa shape index (κ2) is 8.09. The lowest BCUT2D eigenvalue weighted by atomic mass is 10.1. The molecule has 0 fully saturated rings. The normalized spacial score (nSPS) is 10.9. The molecule has 0 aliphatic heterocycles. The molecule has 7 nitrogen and oxygen atoms in total. The highest BCUT2D eigenvalue weighted by atomic mass is 16.5. The first-order valence-corrected chi connectivity index (χ1v) is 8.26. The van der Waals surface area contributed by atoms with Gasteiger partial charge in [-0.1, -0.05) is 30.9 Å². The third kappa shape index (κ3) is 4.09. The molecule has 136 valence electrons. The Bertz CT molecular complexity index is 1050. The summed E-state index contributed by atoms with van der Waals surface area (Å²) in [7, 11) is 0. The quantitative estimate of drug-likeness (QED) is 0.385. The second-order valence-corrected chi connectivity index (χ2v) is 5.73. The van der Waals surface area contributed by atoms with E-state index >= 15 is 0 Å². The summed E-state index contributed by atoms with van der Waals surface area (Å²) in [5, 5.41) is 13.8. The van der Waals surface area contributed by atoms with Gasteiger partial charge < -0.3 is 9.84 Å². The van der Waals surface area contributed by atoms with Gasteiger partial charge in [-0.3, -0.25) is 9.89 Å². The van der Waals surface area contributed by atoms with Crippen molar-refractivity contribution in [2.45, 2.75) is 6.92 Å². The molecule has 0 saturated heterocycles. The molecular weight excluding hydrogens is 344 g/mol. The molecule has 0 saturated carbocycles. The molecule has 0 amide bonds. The maximum Gasteiger partial charge on any atom is 0.338 e. The van der Waals surface area contributed by atoms with Gasteiger partial charge in [0.05, 0.1) is 22.5 Å².